The van der Waals surface area contributed by atoms with E-state index in [2.05, 4.69) is 9.97 Å². The highest BCUT2D eigenvalue weighted by Crippen LogP contribution is 2.31. The fourth-order valence-electron chi connectivity index (χ4n) is 2.55. The molecule has 0 aliphatic rings. The third-order valence-corrected chi connectivity index (χ3v) is 5.21. The molecule has 3 aromatic rings. The number of rotatable bonds is 4. The topological polar surface area (TPSA) is 49.0 Å². The SMILES string of the molecule is CC(c1ccccc1N(C)C)S(=O)c1nc2ccccc2[nH]1. The summed E-state index contributed by atoms with van der Waals surface area (Å²) >= 11 is 0. The van der Waals surface area contributed by atoms with Gasteiger partial charge in [-0.3, -0.25) is 4.21 Å². The molecule has 0 spiro atoms. The minimum atomic E-state index is -1.23. The molecule has 0 radical (unpaired) electrons. The molecule has 2 unspecified atom stereocenters. The lowest BCUT2D eigenvalue weighted by Crippen LogP contribution is -2.14. The lowest BCUT2D eigenvalue weighted by atomic mass is 10.1. The summed E-state index contributed by atoms with van der Waals surface area (Å²) < 4.78 is 12.9. The van der Waals surface area contributed by atoms with E-state index >= 15 is 0 Å². The van der Waals surface area contributed by atoms with Gasteiger partial charge in [0.25, 0.3) is 0 Å². The van der Waals surface area contributed by atoms with Crippen LogP contribution in [0, 0.1) is 0 Å². The van der Waals surface area contributed by atoms with E-state index in [1.54, 1.807) is 0 Å². The van der Waals surface area contributed by atoms with Crippen molar-refractivity contribution in [1.82, 2.24) is 9.97 Å². The average molecular weight is 313 g/mol. The maximum absolute atomic E-state index is 12.9. The van der Waals surface area contributed by atoms with Crippen LogP contribution in [0.2, 0.25) is 0 Å². The Bertz CT molecular complexity index is 792. The summed E-state index contributed by atoms with van der Waals surface area (Å²) in [7, 11) is 2.76. The molecule has 0 aliphatic carbocycles. The minimum absolute atomic E-state index is 0.140. The zero-order valence-corrected chi connectivity index (χ0v) is 13.7. The second-order valence-electron chi connectivity index (χ2n) is 5.45. The second kappa shape index (κ2) is 5.93. The first-order chi connectivity index (χ1) is 10.6. The van der Waals surface area contributed by atoms with Gasteiger partial charge in [0.2, 0.25) is 0 Å². The van der Waals surface area contributed by atoms with Gasteiger partial charge in [0.15, 0.2) is 5.16 Å². The Kier molecular flexibility index (Phi) is 3.98. The first kappa shape index (κ1) is 14.8. The van der Waals surface area contributed by atoms with Crippen molar-refractivity contribution >= 4 is 27.5 Å². The summed E-state index contributed by atoms with van der Waals surface area (Å²) in [4.78, 5) is 9.68. The Morgan fingerprint density at radius 3 is 2.50 bits per heavy atom. The quantitative estimate of drug-likeness (QED) is 0.802. The molecule has 2 aromatic carbocycles. The van der Waals surface area contributed by atoms with Gasteiger partial charge < -0.3 is 9.88 Å². The lowest BCUT2D eigenvalue weighted by molar-refractivity contribution is 0.670. The lowest BCUT2D eigenvalue weighted by Gasteiger charge is -2.20. The number of aromatic amines is 1. The maximum Gasteiger partial charge on any atom is 0.198 e. The summed E-state index contributed by atoms with van der Waals surface area (Å²) in [5, 5.41) is 0.390. The minimum Gasteiger partial charge on any atom is -0.377 e. The molecular weight excluding hydrogens is 294 g/mol. The molecule has 0 saturated heterocycles. The van der Waals surface area contributed by atoms with Gasteiger partial charge in [0.1, 0.15) is 0 Å². The summed E-state index contributed by atoms with van der Waals surface area (Å²) in [6.07, 6.45) is 0. The van der Waals surface area contributed by atoms with Crippen LogP contribution >= 0.6 is 0 Å². The molecular formula is C17H19N3OS. The van der Waals surface area contributed by atoms with Gasteiger partial charge in [-0.05, 0) is 30.7 Å². The van der Waals surface area contributed by atoms with E-state index in [0.29, 0.717) is 5.16 Å². The Morgan fingerprint density at radius 2 is 1.77 bits per heavy atom. The van der Waals surface area contributed by atoms with Crippen molar-refractivity contribution in [3.63, 3.8) is 0 Å². The number of imidazole rings is 1. The van der Waals surface area contributed by atoms with Crippen LogP contribution in [-0.2, 0) is 10.8 Å². The van der Waals surface area contributed by atoms with Crippen molar-refractivity contribution in [3.8, 4) is 0 Å². The van der Waals surface area contributed by atoms with E-state index < -0.39 is 10.8 Å². The number of anilines is 1. The van der Waals surface area contributed by atoms with Gasteiger partial charge >= 0.3 is 0 Å². The summed E-state index contributed by atoms with van der Waals surface area (Å²) in [5.74, 6) is 0. The number of benzene rings is 2. The number of hydrogen-bond donors (Lipinski definition) is 1. The number of H-pyrrole nitrogens is 1. The standard InChI is InChI=1S/C17H19N3OS/c1-12(13-8-4-7-11-16(13)20(2)3)22(21)17-18-14-9-5-6-10-15(14)19-17/h4-12H,1-3H3,(H,18,19). The van der Waals surface area contributed by atoms with Crippen LogP contribution in [0.4, 0.5) is 5.69 Å². The van der Waals surface area contributed by atoms with E-state index in [1.807, 2.05) is 74.4 Å². The van der Waals surface area contributed by atoms with E-state index in [0.717, 1.165) is 22.3 Å². The van der Waals surface area contributed by atoms with Crippen LogP contribution in [0.5, 0.6) is 0 Å². The number of hydrogen-bond acceptors (Lipinski definition) is 3. The number of nitrogens with one attached hydrogen (secondary N) is 1. The highest BCUT2D eigenvalue weighted by molar-refractivity contribution is 7.85. The van der Waals surface area contributed by atoms with Crippen molar-refractivity contribution in [2.45, 2.75) is 17.3 Å². The summed E-state index contributed by atoms with van der Waals surface area (Å²) in [6.45, 7) is 1.98. The maximum atomic E-state index is 12.9. The molecule has 0 fully saturated rings. The predicted molar refractivity (Wildman–Crippen MR) is 91.7 cm³/mol. The van der Waals surface area contributed by atoms with Gasteiger partial charge in [0.05, 0.1) is 27.1 Å². The highest BCUT2D eigenvalue weighted by atomic mass is 32.2. The van der Waals surface area contributed by atoms with Crippen LogP contribution < -0.4 is 4.90 Å². The molecule has 0 bridgehead atoms. The van der Waals surface area contributed by atoms with E-state index in [4.69, 9.17) is 0 Å². The fourth-order valence-corrected chi connectivity index (χ4v) is 3.71. The van der Waals surface area contributed by atoms with Crippen LogP contribution in [0.15, 0.2) is 53.7 Å². The highest BCUT2D eigenvalue weighted by Gasteiger charge is 2.21. The van der Waals surface area contributed by atoms with E-state index in [9.17, 15) is 4.21 Å². The van der Waals surface area contributed by atoms with Crippen molar-refractivity contribution in [2.75, 3.05) is 19.0 Å². The van der Waals surface area contributed by atoms with Crippen molar-refractivity contribution < 1.29 is 4.21 Å². The van der Waals surface area contributed by atoms with E-state index in [1.165, 1.54) is 0 Å². The Morgan fingerprint density at radius 1 is 1.09 bits per heavy atom. The van der Waals surface area contributed by atoms with Crippen LogP contribution in [0.1, 0.15) is 17.7 Å². The van der Waals surface area contributed by atoms with E-state index in [-0.39, 0.29) is 5.25 Å². The number of aromatic nitrogens is 2. The molecule has 114 valence electrons. The molecule has 4 nitrogen and oxygen atoms in total. The Balaban J connectivity index is 1.98. The molecule has 1 heterocycles. The molecule has 1 aromatic heterocycles. The first-order valence-corrected chi connectivity index (χ1v) is 8.41. The van der Waals surface area contributed by atoms with Gasteiger partial charge in [-0.15, -0.1) is 0 Å². The molecule has 0 amide bonds. The van der Waals surface area contributed by atoms with Crippen LogP contribution in [0.25, 0.3) is 11.0 Å². The predicted octanol–water partition coefficient (Wildman–Crippen LogP) is 3.50. The molecule has 2 atom stereocenters. The monoisotopic (exact) mass is 313 g/mol. The van der Waals surface area contributed by atoms with Crippen molar-refractivity contribution in [2.24, 2.45) is 0 Å². The Labute approximate surface area is 132 Å². The average Bonchev–Trinajstić information content (AvgIpc) is 2.97. The summed E-state index contributed by atoms with van der Waals surface area (Å²) in [6, 6.07) is 15.8. The Hall–Kier alpha value is -2.14. The molecule has 0 saturated carbocycles. The summed E-state index contributed by atoms with van der Waals surface area (Å²) in [5.41, 5.74) is 3.91. The molecule has 22 heavy (non-hydrogen) atoms. The first-order valence-electron chi connectivity index (χ1n) is 7.19. The van der Waals surface area contributed by atoms with Crippen LogP contribution in [0.3, 0.4) is 0 Å². The number of fused-ring (bicyclic) bond motifs is 1. The second-order valence-corrected chi connectivity index (χ2v) is 7.14. The third-order valence-electron chi connectivity index (χ3n) is 3.74. The number of para-hydroxylation sites is 3. The zero-order chi connectivity index (χ0) is 15.7. The smallest absolute Gasteiger partial charge is 0.198 e. The van der Waals surface area contributed by atoms with Gasteiger partial charge in [0, 0.05) is 19.8 Å². The largest absolute Gasteiger partial charge is 0.377 e. The molecule has 0 aliphatic heterocycles. The van der Waals surface area contributed by atoms with Crippen molar-refractivity contribution in [1.29, 1.82) is 0 Å². The normalized spacial score (nSPS) is 14.0. The number of nitrogens with zero attached hydrogens (tertiary/aromatic N) is 2. The van der Waals surface area contributed by atoms with Gasteiger partial charge in [-0.2, -0.15) is 0 Å². The molecule has 3 rings (SSSR count). The molecule has 5 heteroatoms. The third kappa shape index (κ3) is 2.64. The van der Waals surface area contributed by atoms with Gasteiger partial charge in [-0.1, -0.05) is 30.3 Å². The van der Waals surface area contributed by atoms with Crippen molar-refractivity contribution in [3.05, 3.63) is 54.1 Å². The van der Waals surface area contributed by atoms with Crippen LogP contribution in [-0.4, -0.2) is 28.3 Å². The zero-order valence-electron chi connectivity index (χ0n) is 12.9. The van der Waals surface area contributed by atoms with Gasteiger partial charge in [-0.25, -0.2) is 4.98 Å². The molecule has 1 N–H and O–H groups in total. The fraction of sp³-hybridized carbons (Fsp3) is 0.235.